The van der Waals surface area contributed by atoms with Crippen LogP contribution >= 0.6 is 0 Å². The van der Waals surface area contributed by atoms with E-state index in [1.54, 1.807) is 27.8 Å². The third-order valence-corrected chi connectivity index (χ3v) is 13.9. The molecule has 4 aliphatic heterocycles. The molecule has 3 aromatic carbocycles. The van der Waals surface area contributed by atoms with Crippen molar-refractivity contribution in [1.82, 2.24) is 20.4 Å². The van der Waals surface area contributed by atoms with Crippen molar-refractivity contribution in [3.63, 3.8) is 0 Å². The number of amides is 2. The van der Waals surface area contributed by atoms with Gasteiger partial charge in [0.2, 0.25) is 11.8 Å². The lowest BCUT2D eigenvalue weighted by Gasteiger charge is -2.31. The Balaban J connectivity index is 0.693. The first kappa shape index (κ1) is 34.1. The van der Waals surface area contributed by atoms with Crippen molar-refractivity contribution in [2.45, 2.75) is 133 Å². The zero-order valence-electron chi connectivity index (χ0n) is 30.8. The number of nitrogens with one attached hydrogen (secondary N) is 2. The molecule has 9 rings (SSSR count). The van der Waals surface area contributed by atoms with Gasteiger partial charge in [-0.2, -0.15) is 0 Å². The Labute approximate surface area is 310 Å². The predicted octanol–water partition coefficient (Wildman–Crippen LogP) is 8.61. The summed E-state index contributed by atoms with van der Waals surface area (Å²) in [6.45, 7) is 2.24. The molecule has 2 amide bonds. The summed E-state index contributed by atoms with van der Waals surface area (Å²) in [5.74, 6) is 0.909. The highest BCUT2D eigenvalue weighted by Gasteiger charge is 2.44. The van der Waals surface area contributed by atoms with E-state index in [1.807, 2.05) is 24.3 Å². The largest absolute Gasteiger partial charge is 0.353 e. The van der Waals surface area contributed by atoms with Crippen LogP contribution in [0.1, 0.15) is 141 Å². The summed E-state index contributed by atoms with van der Waals surface area (Å²) in [6.07, 6.45) is 18.3. The van der Waals surface area contributed by atoms with Crippen LogP contribution in [0.25, 0.3) is 0 Å². The molecule has 0 radical (unpaired) electrons. The standard InChI is InChI=1S/C46H56N4O2/c51-45(47-35-17-13-31(14-18-35)25-27-49-41-21-22-42(49)38-10-4-3-9-37(38)41)29-33-7-1-2-8-34(33)30-46(52)48-36-19-15-32(16-20-36)26-28-50-43-23-24-44(50)40-12-6-5-11-39(40)43/h1-12,25,32,35-36,41-44H,13-24,26-30H2,(H,47,51)(H,48,52)/t32-,35?,36-,41-,42+,43-,44+. The molecule has 0 spiro atoms. The molecule has 4 heterocycles. The van der Waals surface area contributed by atoms with Crippen molar-refractivity contribution >= 4 is 11.8 Å². The van der Waals surface area contributed by atoms with Crippen LogP contribution in [0, 0.1) is 5.92 Å². The summed E-state index contributed by atoms with van der Waals surface area (Å²) < 4.78 is 0. The molecule has 4 fully saturated rings. The van der Waals surface area contributed by atoms with E-state index in [0.29, 0.717) is 37.0 Å². The minimum Gasteiger partial charge on any atom is -0.353 e. The van der Waals surface area contributed by atoms with Crippen LogP contribution in [-0.4, -0.2) is 46.8 Å². The number of rotatable bonds is 11. The summed E-state index contributed by atoms with van der Waals surface area (Å²) >= 11 is 0. The van der Waals surface area contributed by atoms with Gasteiger partial charge in [0.1, 0.15) is 0 Å². The fraction of sp³-hybridized carbons (Fsp3) is 0.522. The van der Waals surface area contributed by atoms with Gasteiger partial charge >= 0.3 is 0 Å². The van der Waals surface area contributed by atoms with Gasteiger partial charge in [0, 0.05) is 42.8 Å². The van der Waals surface area contributed by atoms with Crippen molar-refractivity contribution in [1.29, 1.82) is 0 Å². The first-order chi connectivity index (χ1) is 25.6. The molecule has 52 heavy (non-hydrogen) atoms. The van der Waals surface area contributed by atoms with Crippen LogP contribution in [0.5, 0.6) is 0 Å². The first-order valence-corrected chi connectivity index (χ1v) is 20.6. The summed E-state index contributed by atoms with van der Waals surface area (Å²) in [5, 5.41) is 6.69. The SMILES string of the molecule is O=C(Cc1ccccc1CC(=O)N[C@H]1CC[C@H](CCN2[C@@H]3CC[C@H]2c2ccccc23)CC1)NC1CCC(=CCN2[C@@H]3CC[C@H]2c2ccccc23)CC1. The number of nitrogens with zero attached hydrogens (tertiary/aromatic N) is 2. The topological polar surface area (TPSA) is 64.7 Å². The fourth-order valence-electron chi connectivity index (χ4n) is 11.2. The zero-order chi connectivity index (χ0) is 35.0. The van der Waals surface area contributed by atoms with Crippen molar-refractivity contribution in [2.24, 2.45) is 5.92 Å². The maximum atomic E-state index is 13.2. The van der Waals surface area contributed by atoms with Gasteiger partial charge in [-0.05, 0) is 129 Å². The van der Waals surface area contributed by atoms with Crippen LogP contribution in [0.15, 0.2) is 84.4 Å². The lowest BCUT2D eigenvalue weighted by Crippen LogP contribution is -2.39. The van der Waals surface area contributed by atoms with Crippen molar-refractivity contribution in [3.05, 3.63) is 118 Å². The molecule has 0 aromatic heterocycles. The Morgan fingerprint density at radius 1 is 0.558 bits per heavy atom. The summed E-state index contributed by atoms with van der Waals surface area (Å²) in [7, 11) is 0. The summed E-state index contributed by atoms with van der Waals surface area (Å²) in [6, 6.07) is 29.0. The lowest BCUT2D eigenvalue weighted by atomic mass is 9.84. The Kier molecular flexibility index (Phi) is 9.79. The van der Waals surface area contributed by atoms with Crippen LogP contribution in [-0.2, 0) is 22.4 Å². The van der Waals surface area contributed by atoms with E-state index in [0.717, 1.165) is 62.1 Å². The molecule has 272 valence electrons. The van der Waals surface area contributed by atoms with Crippen molar-refractivity contribution in [2.75, 3.05) is 13.1 Å². The van der Waals surface area contributed by atoms with Gasteiger partial charge in [-0.3, -0.25) is 19.4 Å². The molecular weight excluding hydrogens is 641 g/mol. The van der Waals surface area contributed by atoms with Crippen molar-refractivity contribution in [3.8, 4) is 0 Å². The van der Waals surface area contributed by atoms with Gasteiger partial charge in [-0.25, -0.2) is 0 Å². The van der Waals surface area contributed by atoms with E-state index in [4.69, 9.17) is 0 Å². The summed E-state index contributed by atoms with van der Waals surface area (Å²) in [4.78, 5) is 32.0. The molecule has 0 unspecified atom stereocenters. The zero-order valence-corrected chi connectivity index (χ0v) is 30.8. The van der Waals surface area contributed by atoms with Crippen LogP contribution in [0.4, 0.5) is 0 Å². The van der Waals surface area contributed by atoms with Gasteiger partial charge in [-0.15, -0.1) is 0 Å². The van der Waals surface area contributed by atoms with Crippen LogP contribution < -0.4 is 10.6 Å². The second-order valence-corrected chi connectivity index (χ2v) is 16.8. The lowest BCUT2D eigenvalue weighted by molar-refractivity contribution is -0.122. The number of hydrogen-bond acceptors (Lipinski definition) is 4. The van der Waals surface area contributed by atoms with Gasteiger partial charge in [0.05, 0.1) is 12.8 Å². The van der Waals surface area contributed by atoms with E-state index < -0.39 is 0 Å². The third kappa shape index (κ3) is 6.89. The van der Waals surface area contributed by atoms with Gasteiger partial charge < -0.3 is 10.6 Å². The Hall–Kier alpha value is -3.74. The number of hydrogen-bond donors (Lipinski definition) is 2. The van der Waals surface area contributed by atoms with Crippen molar-refractivity contribution < 1.29 is 9.59 Å². The normalized spacial score (nSPS) is 29.2. The Bertz CT molecular complexity index is 1740. The maximum absolute atomic E-state index is 13.2. The number of fused-ring (bicyclic) bond motifs is 10. The quantitative estimate of drug-likeness (QED) is 0.197. The number of carbonyl (C=O) groups is 2. The average molecular weight is 697 g/mol. The molecule has 4 bridgehead atoms. The molecular formula is C46H56N4O2. The molecule has 4 atom stereocenters. The number of carbonyl (C=O) groups excluding carboxylic acids is 2. The molecule has 2 N–H and O–H groups in total. The van der Waals surface area contributed by atoms with Gasteiger partial charge in [0.25, 0.3) is 0 Å². The molecule has 3 aromatic rings. The highest BCUT2D eigenvalue weighted by molar-refractivity contribution is 5.82. The minimum atomic E-state index is 0.0702. The van der Waals surface area contributed by atoms with E-state index >= 15 is 0 Å². The maximum Gasteiger partial charge on any atom is 0.224 e. The Morgan fingerprint density at radius 2 is 1.00 bits per heavy atom. The highest BCUT2D eigenvalue weighted by atomic mass is 16.2. The molecule has 2 saturated carbocycles. The monoisotopic (exact) mass is 696 g/mol. The smallest absolute Gasteiger partial charge is 0.224 e. The number of benzene rings is 3. The number of allylic oxidation sites excluding steroid dienone is 1. The van der Waals surface area contributed by atoms with E-state index in [1.165, 1.54) is 51.5 Å². The average Bonchev–Trinajstić information content (AvgIpc) is 3.93. The molecule has 6 nitrogen and oxygen atoms in total. The summed E-state index contributed by atoms with van der Waals surface area (Å²) in [5.41, 5.74) is 9.72. The van der Waals surface area contributed by atoms with E-state index in [2.05, 4.69) is 75.0 Å². The molecule has 2 saturated heterocycles. The first-order valence-electron chi connectivity index (χ1n) is 20.6. The van der Waals surface area contributed by atoms with Gasteiger partial charge in [0.15, 0.2) is 0 Å². The molecule has 6 aliphatic rings. The Morgan fingerprint density at radius 3 is 1.50 bits per heavy atom. The second-order valence-electron chi connectivity index (χ2n) is 16.8. The highest BCUT2D eigenvalue weighted by Crippen LogP contribution is 2.54. The minimum absolute atomic E-state index is 0.0702. The van der Waals surface area contributed by atoms with E-state index in [-0.39, 0.29) is 23.9 Å². The third-order valence-electron chi connectivity index (χ3n) is 13.9. The van der Waals surface area contributed by atoms with E-state index in [9.17, 15) is 9.59 Å². The molecule has 2 aliphatic carbocycles. The molecule has 6 heteroatoms. The van der Waals surface area contributed by atoms with Gasteiger partial charge in [-0.1, -0.05) is 84.4 Å². The van der Waals surface area contributed by atoms with Crippen LogP contribution in [0.3, 0.4) is 0 Å². The second kappa shape index (κ2) is 14.9. The van der Waals surface area contributed by atoms with Crippen LogP contribution in [0.2, 0.25) is 0 Å². The fourth-order valence-corrected chi connectivity index (χ4v) is 11.2. The predicted molar refractivity (Wildman–Crippen MR) is 207 cm³/mol.